The van der Waals surface area contributed by atoms with Crippen LogP contribution in [-0.2, 0) is 4.74 Å². The highest BCUT2D eigenvalue weighted by atomic mass is 16.5. The minimum Gasteiger partial charge on any atom is -0.377 e. The summed E-state index contributed by atoms with van der Waals surface area (Å²) in [4.78, 5) is 15.2. The number of nitrogens with one attached hydrogen (secondary N) is 2. The molecule has 0 unspecified atom stereocenters. The van der Waals surface area contributed by atoms with E-state index in [4.69, 9.17) is 10.6 Å². The van der Waals surface area contributed by atoms with E-state index in [0.29, 0.717) is 24.4 Å². The van der Waals surface area contributed by atoms with Crippen LogP contribution in [0.4, 0.5) is 17.8 Å². The summed E-state index contributed by atoms with van der Waals surface area (Å²) in [5.41, 5.74) is 2.20. The standard InChI is InChI=1S/C13H25N7O/c1-13(2,21-3)9-15-10-16-11(19-14)18-12(17-10)20-7-5-4-6-8-20/h4-9,14H2,1-3H3,(H2,15,16,17,18,19). The highest BCUT2D eigenvalue weighted by Crippen LogP contribution is 2.18. The molecule has 0 atom stereocenters. The molecule has 2 rings (SSSR count). The van der Waals surface area contributed by atoms with Gasteiger partial charge in [-0.15, -0.1) is 0 Å². The Morgan fingerprint density at radius 3 is 2.43 bits per heavy atom. The molecule has 118 valence electrons. The van der Waals surface area contributed by atoms with E-state index >= 15 is 0 Å². The lowest BCUT2D eigenvalue weighted by Gasteiger charge is -2.27. The molecule has 8 nitrogen and oxygen atoms in total. The summed E-state index contributed by atoms with van der Waals surface area (Å²) in [5, 5.41) is 3.18. The van der Waals surface area contributed by atoms with Crippen LogP contribution in [0, 0.1) is 0 Å². The number of rotatable bonds is 6. The van der Waals surface area contributed by atoms with Crippen molar-refractivity contribution in [2.24, 2.45) is 5.84 Å². The Balaban J connectivity index is 2.13. The third kappa shape index (κ3) is 4.40. The molecule has 0 radical (unpaired) electrons. The molecular weight excluding hydrogens is 270 g/mol. The Morgan fingerprint density at radius 1 is 1.14 bits per heavy atom. The Bertz CT molecular complexity index is 460. The fourth-order valence-corrected chi connectivity index (χ4v) is 2.11. The van der Waals surface area contributed by atoms with E-state index < -0.39 is 0 Å². The number of ether oxygens (including phenoxy) is 1. The summed E-state index contributed by atoms with van der Waals surface area (Å²) >= 11 is 0. The second-order valence-corrected chi connectivity index (χ2v) is 5.79. The Morgan fingerprint density at radius 2 is 1.81 bits per heavy atom. The van der Waals surface area contributed by atoms with Crippen LogP contribution in [0.25, 0.3) is 0 Å². The fourth-order valence-electron chi connectivity index (χ4n) is 2.11. The van der Waals surface area contributed by atoms with E-state index in [9.17, 15) is 0 Å². The van der Waals surface area contributed by atoms with Crippen molar-refractivity contribution in [1.82, 2.24) is 15.0 Å². The SMILES string of the molecule is COC(C)(C)CNc1nc(NN)nc(N2CCCCC2)n1. The van der Waals surface area contributed by atoms with Crippen LogP contribution in [-0.4, -0.2) is 47.3 Å². The summed E-state index contributed by atoms with van der Waals surface area (Å²) in [6, 6.07) is 0. The van der Waals surface area contributed by atoms with Crippen LogP contribution < -0.4 is 21.5 Å². The van der Waals surface area contributed by atoms with Gasteiger partial charge < -0.3 is 15.0 Å². The zero-order valence-electron chi connectivity index (χ0n) is 13.0. The Hall–Kier alpha value is -1.67. The number of hydrazine groups is 1. The van der Waals surface area contributed by atoms with E-state index in [1.54, 1.807) is 7.11 Å². The van der Waals surface area contributed by atoms with Crippen LogP contribution in [0.5, 0.6) is 0 Å². The lowest BCUT2D eigenvalue weighted by Crippen LogP contribution is -2.34. The minimum absolute atomic E-state index is 0.297. The molecule has 1 aliphatic rings. The average Bonchev–Trinajstić information content (AvgIpc) is 2.53. The summed E-state index contributed by atoms with van der Waals surface area (Å²) in [7, 11) is 1.68. The van der Waals surface area contributed by atoms with Crippen molar-refractivity contribution in [3.63, 3.8) is 0 Å². The number of hydrogen-bond donors (Lipinski definition) is 3. The molecule has 1 aromatic heterocycles. The van der Waals surface area contributed by atoms with Crippen LogP contribution >= 0.6 is 0 Å². The maximum atomic E-state index is 5.45. The molecule has 1 saturated heterocycles. The number of nitrogen functional groups attached to an aromatic ring is 1. The molecular formula is C13H25N7O. The van der Waals surface area contributed by atoms with Gasteiger partial charge in [-0.25, -0.2) is 5.84 Å². The van der Waals surface area contributed by atoms with Gasteiger partial charge in [-0.05, 0) is 33.1 Å². The largest absolute Gasteiger partial charge is 0.377 e. The normalized spacial score (nSPS) is 15.9. The Labute approximate surface area is 125 Å². The quantitative estimate of drug-likeness (QED) is 0.527. The van der Waals surface area contributed by atoms with E-state index in [-0.39, 0.29) is 5.60 Å². The summed E-state index contributed by atoms with van der Waals surface area (Å²) in [5.74, 6) is 6.98. The van der Waals surface area contributed by atoms with E-state index in [0.717, 1.165) is 25.9 Å². The second kappa shape index (κ2) is 6.86. The number of aromatic nitrogens is 3. The lowest BCUT2D eigenvalue weighted by atomic mass is 10.1. The number of hydrogen-bond acceptors (Lipinski definition) is 8. The summed E-state index contributed by atoms with van der Waals surface area (Å²) < 4.78 is 5.38. The molecule has 2 heterocycles. The molecule has 8 heteroatoms. The van der Waals surface area contributed by atoms with Gasteiger partial charge in [0, 0.05) is 26.7 Å². The monoisotopic (exact) mass is 295 g/mol. The molecule has 1 aliphatic heterocycles. The van der Waals surface area contributed by atoms with Crippen molar-refractivity contribution < 1.29 is 4.74 Å². The van der Waals surface area contributed by atoms with Gasteiger partial charge in [0.2, 0.25) is 17.8 Å². The van der Waals surface area contributed by atoms with Gasteiger partial charge in [-0.3, -0.25) is 5.43 Å². The van der Waals surface area contributed by atoms with Gasteiger partial charge >= 0.3 is 0 Å². The van der Waals surface area contributed by atoms with E-state index in [1.807, 2.05) is 13.8 Å². The predicted molar refractivity (Wildman–Crippen MR) is 83.3 cm³/mol. The molecule has 4 N–H and O–H groups in total. The van der Waals surface area contributed by atoms with Crippen molar-refractivity contribution in [2.75, 3.05) is 42.4 Å². The van der Waals surface area contributed by atoms with E-state index in [1.165, 1.54) is 6.42 Å². The highest BCUT2D eigenvalue weighted by molar-refractivity contribution is 5.43. The van der Waals surface area contributed by atoms with E-state index in [2.05, 4.69) is 30.6 Å². The molecule has 21 heavy (non-hydrogen) atoms. The highest BCUT2D eigenvalue weighted by Gasteiger charge is 2.19. The van der Waals surface area contributed by atoms with Crippen molar-refractivity contribution >= 4 is 17.8 Å². The number of methoxy groups -OCH3 is 1. The maximum absolute atomic E-state index is 5.45. The van der Waals surface area contributed by atoms with Crippen LogP contribution in [0.1, 0.15) is 33.1 Å². The zero-order chi connectivity index (χ0) is 15.3. The first-order valence-corrected chi connectivity index (χ1v) is 7.31. The van der Waals surface area contributed by atoms with Gasteiger partial charge in [-0.2, -0.15) is 15.0 Å². The van der Waals surface area contributed by atoms with Gasteiger partial charge in [0.1, 0.15) is 0 Å². The van der Waals surface area contributed by atoms with Crippen molar-refractivity contribution in [1.29, 1.82) is 0 Å². The number of piperidine rings is 1. The molecule has 0 saturated carbocycles. The van der Waals surface area contributed by atoms with Crippen molar-refractivity contribution in [3.05, 3.63) is 0 Å². The molecule has 0 aliphatic carbocycles. The summed E-state index contributed by atoms with van der Waals surface area (Å²) in [6.07, 6.45) is 3.59. The fraction of sp³-hybridized carbons (Fsp3) is 0.769. The molecule has 1 aromatic rings. The average molecular weight is 295 g/mol. The zero-order valence-corrected chi connectivity index (χ0v) is 13.0. The van der Waals surface area contributed by atoms with Gasteiger partial charge in [-0.1, -0.05) is 0 Å². The van der Waals surface area contributed by atoms with Crippen LogP contribution in [0.15, 0.2) is 0 Å². The second-order valence-electron chi connectivity index (χ2n) is 5.79. The first-order chi connectivity index (χ1) is 10.0. The molecule has 0 aromatic carbocycles. The molecule has 0 spiro atoms. The predicted octanol–water partition coefficient (Wildman–Crippen LogP) is 0.984. The minimum atomic E-state index is -0.297. The van der Waals surface area contributed by atoms with Crippen LogP contribution in [0.2, 0.25) is 0 Å². The summed E-state index contributed by atoms with van der Waals surface area (Å²) in [6.45, 7) is 6.52. The van der Waals surface area contributed by atoms with Gasteiger partial charge in [0.25, 0.3) is 0 Å². The first kappa shape index (κ1) is 15.7. The smallest absolute Gasteiger partial charge is 0.243 e. The topological polar surface area (TPSA) is 101 Å². The molecule has 1 fully saturated rings. The van der Waals surface area contributed by atoms with Gasteiger partial charge in [0.15, 0.2) is 0 Å². The third-order valence-electron chi connectivity index (χ3n) is 3.62. The van der Waals surface area contributed by atoms with Crippen molar-refractivity contribution in [2.45, 2.75) is 38.7 Å². The number of nitrogens with zero attached hydrogens (tertiary/aromatic N) is 4. The van der Waals surface area contributed by atoms with Crippen LogP contribution in [0.3, 0.4) is 0 Å². The number of anilines is 3. The maximum Gasteiger partial charge on any atom is 0.243 e. The molecule has 0 bridgehead atoms. The number of nitrogens with two attached hydrogens (primary N) is 1. The van der Waals surface area contributed by atoms with Crippen molar-refractivity contribution in [3.8, 4) is 0 Å². The lowest BCUT2D eigenvalue weighted by molar-refractivity contribution is 0.0342. The first-order valence-electron chi connectivity index (χ1n) is 7.31. The molecule has 0 amide bonds. The van der Waals surface area contributed by atoms with Gasteiger partial charge in [0.05, 0.1) is 5.60 Å². The Kier molecular flexibility index (Phi) is 5.13. The third-order valence-corrected chi connectivity index (χ3v) is 3.62.